The van der Waals surface area contributed by atoms with Crippen molar-refractivity contribution in [2.75, 3.05) is 11.9 Å². The van der Waals surface area contributed by atoms with Gasteiger partial charge in [0.05, 0.1) is 24.8 Å². The Hall–Kier alpha value is -3.93. The van der Waals surface area contributed by atoms with Gasteiger partial charge in [0.15, 0.2) is 0 Å². The molecule has 0 fully saturated rings. The van der Waals surface area contributed by atoms with Crippen LogP contribution >= 0.6 is 0 Å². The minimum atomic E-state index is -0.296. The highest BCUT2D eigenvalue weighted by atomic mass is 19.1. The molecule has 0 atom stereocenters. The van der Waals surface area contributed by atoms with Crippen LogP contribution in [-0.4, -0.2) is 17.5 Å². The number of allylic oxidation sites excluding steroid dienone is 1. The van der Waals surface area contributed by atoms with Gasteiger partial charge < -0.3 is 14.5 Å². The first-order valence-corrected chi connectivity index (χ1v) is 10.3. The van der Waals surface area contributed by atoms with Crippen LogP contribution in [0.3, 0.4) is 0 Å². The first kappa shape index (κ1) is 21.3. The number of fused-ring (bicyclic) bond motifs is 1. The lowest BCUT2D eigenvalue weighted by Crippen LogP contribution is -2.09. The van der Waals surface area contributed by atoms with Gasteiger partial charge in [-0.2, -0.15) is 0 Å². The predicted molar refractivity (Wildman–Crippen MR) is 124 cm³/mol. The molecule has 32 heavy (non-hydrogen) atoms. The summed E-state index contributed by atoms with van der Waals surface area (Å²) in [5.41, 5.74) is 5.38. The molecule has 162 valence electrons. The van der Waals surface area contributed by atoms with Crippen LogP contribution in [-0.2, 0) is 4.79 Å². The first-order valence-electron chi connectivity index (χ1n) is 10.3. The van der Waals surface area contributed by atoms with Crippen molar-refractivity contribution in [3.8, 4) is 16.9 Å². The van der Waals surface area contributed by atoms with Crippen LogP contribution < -0.4 is 10.1 Å². The van der Waals surface area contributed by atoms with E-state index in [9.17, 15) is 9.18 Å². The normalized spacial score (nSPS) is 11.6. The standard InChI is InChI=1S/C26H23FN2O3/c1-4-31-25-17(3)26-22(23(15-32-26)18-7-9-19(27)10-8-18)13-21(25)16(2)12-24(30)29-20-6-5-11-28-14-20/h5-15H,4H2,1-3H3,(H,29,30)/b16-12+. The molecule has 5 nitrogen and oxygen atoms in total. The van der Waals surface area contributed by atoms with Crippen LogP contribution in [0, 0.1) is 12.7 Å². The molecule has 0 radical (unpaired) electrons. The quantitative estimate of drug-likeness (QED) is 0.360. The summed E-state index contributed by atoms with van der Waals surface area (Å²) < 4.78 is 25.2. The largest absolute Gasteiger partial charge is 0.493 e. The zero-order valence-electron chi connectivity index (χ0n) is 18.1. The highest BCUT2D eigenvalue weighted by molar-refractivity contribution is 6.05. The first-order chi connectivity index (χ1) is 15.5. The van der Waals surface area contributed by atoms with E-state index >= 15 is 0 Å². The Labute approximate surface area is 185 Å². The molecule has 0 spiro atoms. The lowest BCUT2D eigenvalue weighted by atomic mass is 9.96. The van der Waals surface area contributed by atoms with Crippen LogP contribution in [0.4, 0.5) is 10.1 Å². The number of pyridine rings is 1. The van der Waals surface area contributed by atoms with Crippen LogP contribution in [0.1, 0.15) is 25.0 Å². The van der Waals surface area contributed by atoms with Gasteiger partial charge in [-0.1, -0.05) is 12.1 Å². The lowest BCUT2D eigenvalue weighted by Gasteiger charge is -2.15. The molecule has 2 aromatic heterocycles. The molecule has 4 rings (SSSR count). The Bertz CT molecular complexity index is 1290. The Morgan fingerprint density at radius 3 is 2.72 bits per heavy atom. The number of benzene rings is 2. The average Bonchev–Trinajstić information content (AvgIpc) is 3.21. The van der Waals surface area contributed by atoms with Gasteiger partial charge in [-0.25, -0.2) is 4.39 Å². The predicted octanol–water partition coefficient (Wildman–Crippen LogP) is 6.38. The van der Waals surface area contributed by atoms with Crippen molar-refractivity contribution in [1.82, 2.24) is 4.98 Å². The van der Waals surface area contributed by atoms with Crippen molar-refractivity contribution in [2.45, 2.75) is 20.8 Å². The average molecular weight is 430 g/mol. The lowest BCUT2D eigenvalue weighted by molar-refractivity contribution is -0.111. The molecule has 6 heteroatoms. The second-order valence-corrected chi connectivity index (χ2v) is 7.40. The number of halogens is 1. The number of carbonyl (C=O) groups is 1. The Kier molecular flexibility index (Phi) is 6.03. The number of aromatic nitrogens is 1. The van der Waals surface area contributed by atoms with Gasteiger partial charge in [-0.15, -0.1) is 0 Å². The molecule has 0 aliphatic rings. The highest BCUT2D eigenvalue weighted by Gasteiger charge is 2.19. The number of hydrogen-bond acceptors (Lipinski definition) is 4. The van der Waals surface area contributed by atoms with Crippen molar-refractivity contribution in [1.29, 1.82) is 0 Å². The Morgan fingerprint density at radius 1 is 1.25 bits per heavy atom. The molecule has 0 saturated heterocycles. The molecular formula is C26H23FN2O3. The van der Waals surface area contributed by atoms with Gasteiger partial charge >= 0.3 is 0 Å². The molecule has 0 aliphatic heterocycles. The van der Waals surface area contributed by atoms with Gasteiger partial charge in [0, 0.05) is 34.3 Å². The molecule has 1 amide bonds. The van der Waals surface area contributed by atoms with E-state index in [4.69, 9.17) is 9.15 Å². The van der Waals surface area contributed by atoms with E-state index in [1.54, 1.807) is 42.9 Å². The number of ether oxygens (including phenoxy) is 1. The number of nitrogens with zero attached hydrogens (tertiary/aromatic N) is 1. The Balaban J connectivity index is 1.79. The summed E-state index contributed by atoms with van der Waals surface area (Å²) >= 11 is 0. The summed E-state index contributed by atoms with van der Waals surface area (Å²) in [5, 5.41) is 3.68. The molecule has 1 N–H and O–H groups in total. The molecule has 0 saturated carbocycles. The zero-order chi connectivity index (χ0) is 22.7. The maximum atomic E-state index is 13.4. The molecule has 0 bridgehead atoms. The second-order valence-electron chi connectivity index (χ2n) is 7.40. The third-order valence-corrected chi connectivity index (χ3v) is 5.19. The second kappa shape index (κ2) is 9.06. The molecule has 0 aliphatic carbocycles. The third kappa shape index (κ3) is 4.25. The number of furan rings is 1. The maximum Gasteiger partial charge on any atom is 0.248 e. The smallest absolute Gasteiger partial charge is 0.248 e. The van der Waals surface area contributed by atoms with Crippen LogP contribution in [0.2, 0.25) is 0 Å². The molecule has 2 heterocycles. The molecule has 4 aromatic rings. The number of carbonyl (C=O) groups excluding carboxylic acids is 1. The van der Waals surface area contributed by atoms with Crippen molar-refractivity contribution in [3.05, 3.63) is 84.1 Å². The fourth-order valence-corrected chi connectivity index (χ4v) is 3.68. The van der Waals surface area contributed by atoms with Crippen LogP contribution in [0.5, 0.6) is 5.75 Å². The highest BCUT2D eigenvalue weighted by Crippen LogP contribution is 2.40. The molecular weight excluding hydrogens is 407 g/mol. The molecule has 2 aromatic carbocycles. The summed E-state index contributed by atoms with van der Waals surface area (Å²) in [4.78, 5) is 16.6. The number of rotatable bonds is 6. The zero-order valence-corrected chi connectivity index (χ0v) is 18.1. The SMILES string of the molecule is CCOc1c(/C(C)=C/C(=O)Nc2cccnc2)cc2c(-c3ccc(F)cc3)coc2c1C. The third-order valence-electron chi connectivity index (χ3n) is 5.19. The van der Waals surface area contributed by atoms with Crippen molar-refractivity contribution >= 4 is 28.1 Å². The van der Waals surface area contributed by atoms with E-state index in [2.05, 4.69) is 10.3 Å². The number of aryl methyl sites for hydroxylation is 1. The van der Waals surface area contributed by atoms with Gasteiger partial charge in [0.2, 0.25) is 5.91 Å². The molecule has 0 unspecified atom stereocenters. The maximum absolute atomic E-state index is 13.4. The van der Waals surface area contributed by atoms with E-state index < -0.39 is 0 Å². The number of nitrogens with one attached hydrogen (secondary N) is 1. The van der Waals surface area contributed by atoms with Crippen LogP contribution in [0.15, 0.2) is 71.6 Å². The monoisotopic (exact) mass is 430 g/mol. The van der Waals surface area contributed by atoms with Gasteiger partial charge in [-0.05, 0) is 62.2 Å². The van der Waals surface area contributed by atoms with Gasteiger partial charge in [0.25, 0.3) is 0 Å². The summed E-state index contributed by atoms with van der Waals surface area (Å²) in [6.45, 7) is 6.18. The number of amides is 1. The van der Waals surface area contributed by atoms with E-state index in [-0.39, 0.29) is 11.7 Å². The van der Waals surface area contributed by atoms with E-state index in [0.29, 0.717) is 23.6 Å². The van der Waals surface area contributed by atoms with Crippen LogP contribution in [0.25, 0.3) is 27.7 Å². The van der Waals surface area contributed by atoms with E-state index in [0.717, 1.165) is 33.2 Å². The van der Waals surface area contributed by atoms with E-state index in [1.807, 2.05) is 26.8 Å². The Morgan fingerprint density at radius 2 is 2.03 bits per heavy atom. The fraction of sp³-hybridized carbons (Fsp3) is 0.154. The summed E-state index contributed by atoms with van der Waals surface area (Å²) in [7, 11) is 0. The van der Waals surface area contributed by atoms with Crippen molar-refractivity contribution in [3.63, 3.8) is 0 Å². The topological polar surface area (TPSA) is 64.4 Å². The number of anilines is 1. The summed E-state index contributed by atoms with van der Waals surface area (Å²) in [6, 6.07) is 11.8. The number of hydrogen-bond donors (Lipinski definition) is 1. The minimum absolute atomic E-state index is 0.262. The van der Waals surface area contributed by atoms with Gasteiger partial charge in [0.1, 0.15) is 17.1 Å². The minimum Gasteiger partial charge on any atom is -0.493 e. The van der Waals surface area contributed by atoms with Gasteiger partial charge in [-0.3, -0.25) is 9.78 Å². The van der Waals surface area contributed by atoms with E-state index in [1.165, 1.54) is 18.2 Å². The fourth-order valence-electron chi connectivity index (χ4n) is 3.68. The van der Waals surface area contributed by atoms with Crippen molar-refractivity contribution < 1.29 is 18.3 Å². The summed E-state index contributed by atoms with van der Waals surface area (Å²) in [5.74, 6) is 0.111. The summed E-state index contributed by atoms with van der Waals surface area (Å²) in [6.07, 6.45) is 6.43. The van der Waals surface area contributed by atoms with Crippen molar-refractivity contribution in [2.24, 2.45) is 0 Å².